The molecular weight excluding hydrogens is 304 g/mol. The van der Waals surface area contributed by atoms with Crippen molar-refractivity contribution >= 4 is 23.1 Å². The zero-order chi connectivity index (χ0) is 14.5. The quantitative estimate of drug-likeness (QED) is 0.878. The van der Waals surface area contributed by atoms with Crippen molar-refractivity contribution in [1.82, 2.24) is 15.1 Å². The Balaban J connectivity index is 1.57. The van der Waals surface area contributed by atoms with Gasteiger partial charge in [0.15, 0.2) is 5.82 Å². The fourth-order valence-corrected chi connectivity index (χ4v) is 4.44. The topological polar surface area (TPSA) is 77.8 Å². The maximum absolute atomic E-state index is 5.54. The number of nitrogens with zero attached hydrogens (tertiary/aromatic N) is 3. The maximum Gasteiger partial charge on any atom is 0.277 e. The Morgan fingerprint density at radius 3 is 2.95 bits per heavy atom. The fraction of sp³-hybridized carbons (Fsp3) is 0.643. The van der Waals surface area contributed by atoms with Crippen LogP contribution in [0.25, 0.3) is 11.6 Å². The Morgan fingerprint density at radius 2 is 2.14 bits per heavy atom. The van der Waals surface area contributed by atoms with Gasteiger partial charge in [-0.05, 0) is 19.4 Å². The second kappa shape index (κ2) is 7.38. The summed E-state index contributed by atoms with van der Waals surface area (Å²) in [6.07, 6.45) is 7.55. The first-order chi connectivity index (χ1) is 10.3. The zero-order valence-electron chi connectivity index (χ0n) is 12.0. The summed E-state index contributed by atoms with van der Waals surface area (Å²) < 4.78 is 5.32. The lowest BCUT2D eigenvalue weighted by molar-refractivity contribution is 0.424. The summed E-state index contributed by atoms with van der Waals surface area (Å²) >= 11 is 3.54. The highest BCUT2D eigenvalue weighted by molar-refractivity contribution is 7.99. The van der Waals surface area contributed by atoms with E-state index in [1.807, 2.05) is 17.1 Å². The third-order valence-corrected chi connectivity index (χ3v) is 5.87. The molecule has 2 aromatic heterocycles. The Labute approximate surface area is 132 Å². The molecular formula is C14H20N4OS2. The molecule has 1 saturated carbocycles. The molecule has 5 nitrogen and oxygen atoms in total. The van der Waals surface area contributed by atoms with Crippen LogP contribution in [-0.4, -0.2) is 26.9 Å². The number of hydrogen-bond donors (Lipinski definition) is 1. The average Bonchev–Trinajstić information content (AvgIpc) is 3.15. The van der Waals surface area contributed by atoms with E-state index >= 15 is 0 Å². The van der Waals surface area contributed by atoms with Gasteiger partial charge in [-0.25, -0.2) is 4.98 Å². The van der Waals surface area contributed by atoms with E-state index in [4.69, 9.17) is 10.3 Å². The molecule has 2 heterocycles. The molecule has 1 aliphatic rings. The fourth-order valence-electron chi connectivity index (χ4n) is 2.49. The number of thiazole rings is 1. The van der Waals surface area contributed by atoms with Crippen LogP contribution in [-0.2, 0) is 12.2 Å². The van der Waals surface area contributed by atoms with Gasteiger partial charge in [0, 0.05) is 17.1 Å². The van der Waals surface area contributed by atoms with Crippen LogP contribution in [0.1, 0.15) is 42.9 Å². The van der Waals surface area contributed by atoms with E-state index in [-0.39, 0.29) is 0 Å². The number of rotatable bonds is 6. The van der Waals surface area contributed by atoms with Crippen molar-refractivity contribution in [2.75, 3.05) is 6.54 Å². The third-order valence-electron chi connectivity index (χ3n) is 3.60. The lowest BCUT2D eigenvalue weighted by Gasteiger charge is -2.19. The molecule has 0 radical (unpaired) electrons. The summed E-state index contributed by atoms with van der Waals surface area (Å²) in [5, 5.41) is 7.80. The first kappa shape index (κ1) is 15.0. The molecule has 3 rings (SSSR count). The first-order valence-electron chi connectivity index (χ1n) is 7.44. The van der Waals surface area contributed by atoms with E-state index in [2.05, 4.69) is 15.1 Å². The third kappa shape index (κ3) is 4.05. The Bertz CT molecular complexity index is 563. The van der Waals surface area contributed by atoms with Gasteiger partial charge < -0.3 is 10.3 Å². The Morgan fingerprint density at radius 1 is 1.29 bits per heavy atom. The predicted molar refractivity (Wildman–Crippen MR) is 86.3 cm³/mol. The molecule has 2 N–H and O–H groups in total. The van der Waals surface area contributed by atoms with E-state index in [0.717, 1.165) is 33.9 Å². The smallest absolute Gasteiger partial charge is 0.277 e. The van der Waals surface area contributed by atoms with Gasteiger partial charge in [0.2, 0.25) is 0 Å². The van der Waals surface area contributed by atoms with Crippen molar-refractivity contribution in [3.63, 3.8) is 0 Å². The molecule has 21 heavy (non-hydrogen) atoms. The van der Waals surface area contributed by atoms with E-state index in [1.165, 1.54) is 32.1 Å². The van der Waals surface area contributed by atoms with Gasteiger partial charge in [-0.15, -0.1) is 11.3 Å². The van der Waals surface area contributed by atoms with E-state index in [0.29, 0.717) is 12.4 Å². The van der Waals surface area contributed by atoms with Gasteiger partial charge in [0.1, 0.15) is 5.69 Å². The SMILES string of the molecule is NCCc1nc(-c2nc(CSC3CCCCC3)no2)cs1. The normalized spacial score (nSPS) is 16.4. The van der Waals surface area contributed by atoms with Crippen LogP contribution in [0.15, 0.2) is 9.90 Å². The van der Waals surface area contributed by atoms with Gasteiger partial charge in [-0.2, -0.15) is 16.7 Å². The zero-order valence-corrected chi connectivity index (χ0v) is 13.6. The highest BCUT2D eigenvalue weighted by Gasteiger charge is 2.16. The van der Waals surface area contributed by atoms with Crippen LogP contribution >= 0.6 is 23.1 Å². The van der Waals surface area contributed by atoms with Gasteiger partial charge in [-0.3, -0.25) is 0 Å². The summed E-state index contributed by atoms with van der Waals surface area (Å²) in [7, 11) is 0. The molecule has 0 saturated heterocycles. The number of nitrogens with two attached hydrogens (primary N) is 1. The van der Waals surface area contributed by atoms with Gasteiger partial charge in [0.05, 0.1) is 10.8 Å². The summed E-state index contributed by atoms with van der Waals surface area (Å²) in [6, 6.07) is 0. The van der Waals surface area contributed by atoms with Gasteiger partial charge in [-0.1, -0.05) is 24.4 Å². The van der Waals surface area contributed by atoms with Crippen molar-refractivity contribution in [2.45, 2.75) is 49.5 Å². The molecule has 0 spiro atoms. The van der Waals surface area contributed by atoms with Crippen LogP contribution in [0.2, 0.25) is 0 Å². The number of hydrogen-bond acceptors (Lipinski definition) is 7. The van der Waals surface area contributed by atoms with Crippen molar-refractivity contribution in [3.8, 4) is 11.6 Å². The summed E-state index contributed by atoms with van der Waals surface area (Å²) in [4.78, 5) is 8.92. The summed E-state index contributed by atoms with van der Waals surface area (Å²) in [5.41, 5.74) is 6.30. The molecule has 0 atom stereocenters. The molecule has 0 aromatic carbocycles. The predicted octanol–water partition coefficient (Wildman–Crippen LogP) is 3.26. The largest absolute Gasteiger partial charge is 0.332 e. The second-order valence-electron chi connectivity index (χ2n) is 5.25. The van der Waals surface area contributed by atoms with Gasteiger partial charge >= 0.3 is 0 Å². The van der Waals surface area contributed by atoms with E-state index in [9.17, 15) is 0 Å². The highest BCUT2D eigenvalue weighted by atomic mass is 32.2. The lowest BCUT2D eigenvalue weighted by atomic mass is 10.0. The molecule has 1 fully saturated rings. The minimum absolute atomic E-state index is 0.522. The molecule has 7 heteroatoms. The van der Waals surface area contributed by atoms with Crippen molar-refractivity contribution in [3.05, 3.63) is 16.2 Å². The molecule has 1 aliphatic carbocycles. The molecule has 0 bridgehead atoms. The van der Waals surface area contributed by atoms with Crippen molar-refractivity contribution in [1.29, 1.82) is 0 Å². The molecule has 2 aromatic rings. The standard InChI is InChI=1S/C14H20N4OS2/c15-7-6-13-16-11(8-21-13)14-17-12(18-19-14)9-20-10-4-2-1-3-5-10/h8,10H,1-7,9,15H2. The lowest BCUT2D eigenvalue weighted by Crippen LogP contribution is -2.08. The molecule has 0 unspecified atom stereocenters. The van der Waals surface area contributed by atoms with Gasteiger partial charge in [0.25, 0.3) is 5.89 Å². The molecule has 114 valence electrons. The van der Waals surface area contributed by atoms with E-state index in [1.54, 1.807) is 11.3 Å². The number of aromatic nitrogens is 3. The van der Waals surface area contributed by atoms with Crippen molar-refractivity contribution in [2.24, 2.45) is 5.73 Å². The molecule has 0 aliphatic heterocycles. The van der Waals surface area contributed by atoms with Crippen LogP contribution in [0, 0.1) is 0 Å². The molecule has 0 amide bonds. The summed E-state index contributed by atoms with van der Waals surface area (Å²) in [6.45, 7) is 0.611. The van der Waals surface area contributed by atoms with Crippen molar-refractivity contribution < 1.29 is 4.52 Å². The maximum atomic E-state index is 5.54. The monoisotopic (exact) mass is 324 g/mol. The van der Waals surface area contributed by atoms with Crippen LogP contribution in [0.5, 0.6) is 0 Å². The second-order valence-corrected chi connectivity index (χ2v) is 7.48. The minimum Gasteiger partial charge on any atom is -0.332 e. The van der Waals surface area contributed by atoms with Crippen LogP contribution in [0.3, 0.4) is 0 Å². The number of thioether (sulfide) groups is 1. The van der Waals surface area contributed by atoms with Crippen LogP contribution in [0.4, 0.5) is 0 Å². The average molecular weight is 324 g/mol. The highest BCUT2D eigenvalue weighted by Crippen LogP contribution is 2.30. The Kier molecular flexibility index (Phi) is 5.27. The first-order valence-corrected chi connectivity index (χ1v) is 9.37. The Hall–Kier alpha value is -0.920. The minimum atomic E-state index is 0.522. The van der Waals surface area contributed by atoms with Crippen LogP contribution < -0.4 is 5.73 Å². The summed E-state index contributed by atoms with van der Waals surface area (Å²) in [5.74, 6) is 2.12. The van der Waals surface area contributed by atoms with E-state index < -0.39 is 0 Å².